The predicted molar refractivity (Wildman–Crippen MR) is 110 cm³/mol. The lowest BCUT2D eigenvalue weighted by molar-refractivity contribution is 0.221. The summed E-state index contributed by atoms with van der Waals surface area (Å²) in [6.45, 7) is 8.43. The zero-order valence-corrected chi connectivity index (χ0v) is 17.4. The number of benzene rings is 1. The molecule has 0 bridgehead atoms. The fourth-order valence-corrected chi connectivity index (χ4v) is 4.76. The van der Waals surface area contributed by atoms with Crippen LogP contribution in [-0.4, -0.2) is 70.1 Å². The van der Waals surface area contributed by atoms with Crippen molar-refractivity contribution in [1.82, 2.24) is 15.5 Å². The molecule has 7 nitrogen and oxygen atoms in total. The van der Waals surface area contributed by atoms with E-state index >= 15 is 0 Å². The summed E-state index contributed by atoms with van der Waals surface area (Å²) in [5, 5.41) is 6.45. The average molecular weight is 397 g/mol. The molecule has 1 aromatic rings. The van der Waals surface area contributed by atoms with Crippen molar-refractivity contribution >= 4 is 15.8 Å². The molecule has 0 radical (unpaired) electrons. The third-order valence-electron chi connectivity index (χ3n) is 4.78. The van der Waals surface area contributed by atoms with Crippen LogP contribution in [0.25, 0.3) is 0 Å². The SMILES string of the molecule is CCN(CC)CCOc1ccccc1CNC(=NC)NC1CCS(=O)(=O)C1. The number of nitrogens with one attached hydrogen (secondary N) is 2. The van der Waals surface area contributed by atoms with Gasteiger partial charge in [-0.15, -0.1) is 0 Å². The van der Waals surface area contributed by atoms with Gasteiger partial charge in [-0.25, -0.2) is 8.42 Å². The summed E-state index contributed by atoms with van der Waals surface area (Å²) >= 11 is 0. The minimum absolute atomic E-state index is 0.0817. The summed E-state index contributed by atoms with van der Waals surface area (Å²) in [4.78, 5) is 6.53. The smallest absolute Gasteiger partial charge is 0.191 e. The molecule has 8 heteroatoms. The topological polar surface area (TPSA) is 83.0 Å². The third kappa shape index (κ3) is 7.03. The van der Waals surface area contributed by atoms with Crippen LogP contribution in [0.5, 0.6) is 5.75 Å². The van der Waals surface area contributed by atoms with Crippen LogP contribution >= 0.6 is 0 Å². The predicted octanol–water partition coefficient (Wildman–Crippen LogP) is 1.26. The maximum Gasteiger partial charge on any atom is 0.191 e. The van der Waals surface area contributed by atoms with Crippen molar-refractivity contribution in [2.75, 3.05) is 44.8 Å². The molecule has 27 heavy (non-hydrogen) atoms. The molecule has 1 atom stereocenters. The van der Waals surface area contributed by atoms with E-state index in [1.807, 2.05) is 24.3 Å². The Labute approximate surface area is 163 Å². The highest BCUT2D eigenvalue weighted by molar-refractivity contribution is 7.91. The highest BCUT2D eigenvalue weighted by Crippen LogP contribution is 2.18. The van der Waals surface area contributed by atoms with Crippen molar-refractivity contribution in [2.24, 2.45) is 4.99 Å². The number of likely N-dealkylation sites (N-methyl/N-ethyl adjacent to an activating group) is 1. The van der Waals surface area contributed by atoms with E-state index in [0.29, 0.717) is 25.5 Å². The number of ether oxygens (including phenoxy) is 1. The van der Waals surface area contributed by atoms with Gasteiger partial charge in [-0.05, 0) is 25.6 Å². The van der Waals surface area contributed by atoms with Crippen molar-refractivity contribution in [3.63, 3.8) is 0 Å². The van der Waals surface area contributed by atoms with Gasteiger partial charge in [-0.3, -0.25) is 4.99 Å². The largest absolute Gasteiger partial charge is 0.492 e. The molecule has 1 unspecified atom stereocenters. The Kier molecular flexibility index (Phi) is 8.37. The van der Waals surface area contributed by atoms with Crippen LogP contribution < -0.4 is 15.4 Å². The number of hydrogen-bond acceptors (Lipinski definition) is 5. The Morgan fingerprint density at radius 3 is 2.67 bits per heavy atom. The molecule has 0 aliphatic carbocycles. The van der Waals surface area contributed by atoms with Crippen LogP contribution in [0.4, 0.5) is 0 Å². The summed E-state index contributed by atoms with van der Waals surface area (Å²) in [5.41, 5.74) is 1.04. The number of nitrogens with zero attached hydrogens (tertiary/aromatic N) is 2. The average Bonchev–Trinajstić information content (AvgIpc) is 3.01. The zero-order chi connectivity index (χ0) is 19.7. The van der Waals surface area contributed by atoms with Crippen LogP contribution in [0.1, 0.15) is 25.8 Å². The van der Waals surface area contributed by atoms with E-state index in [4.69, 9.17) is 4.74 Å². The maximum absolute atomic E-state index is 11.6. The van der Waals surface area contributed by atoms with Crippen LogP contribution in [0.15, 0.2) is 29.3 Å². The first kappa shape index (κ1) is 21.5. The third-order valence-corrected chi connectivity index (χ3v) is 6.54. The highest BCUT2D eigenvalue weighted by Gasteiger charge is 2.28. The number of para-hydroxylation sites is 1. The van der Waals surface area contributed by atoms with Crippen molar-refractivity contribution in [2.45, 2.75) is 32.9 Å². The second-order valence-corrected chi connectivity index (χ2v) is 8.88. The molecule has 152 valence electrons. The Balaban J connectivity index is 1.87. The molecule has 1 saturated heterocycles. The summed E-state index contributed by atoms with van der Waals surface area (Å²) in [6, 6.07) is 7.86. The highest BCUT2D eigenvalue weighted by atomic mass is 32.2. The summed E-state index contributed by atoms with van der Waals surface area (Å²) in [7, 11) is -1.23. The second-order valence-electron chi connectivity index (χ2n) is 6.65. The van der Waals surface area contributed by atoms with Gasteiger partial charge in [0.2, 0.25) is 0 Å². The lowest BCUT2D eigenvalue weighted by atomic mass is 10.2. The van der Waals surface area contributed by atoms with E-state index < -0.39 is 9.84 Å². The van der Waals surface area contributed by atoms with Crippen LogP contribution in [0.2, 0.25) is 0 Å². The van der Waals surface area contributed by atoms with Gasteiger partial charge >= 0.3 is 0 Å². The van der Waals surface area contributed by atoms with Gasteiger partial charge in [0.15, 0.2) is 15.8 Å². The summed E-state index contributed by atoms with van der Waals surface area (Å²) in [6.07, 6.45) is 0.619. The normalized spacial score (nSPS) is 19.3. The minimum Gasteiger partial charge on any atom is -0.492 e. The van der Waals surface area contributed by atoms with Crippen LogP contribution in [0, 0.1) is 0 Å². The van der Waals surface area contributed by atoms with E-state index in [1.54, 1.807) is 7.05 Å². The van der Waals surface area contributed by atoms with Gasteiger partial charge in [-0.1, -0.05) is 32.0 Å². The molecule has 2 rings (SSSR count). The zero-order valence-electron chi connectivity index (χ0n) is 16.6. The minimum atomic E-state index is -2.91. The molecular weight excluding hydrogens is 364 g/mol. The van der Waals surface area contributed by atoms with E-state index in [2.05, 4.69) is 34.4 Å². The first-order chi connectivity index (χ1) is 13.0. The van der Waals surface area contributed by atoms with Crippen LogP contribution in [0.3, 0.4) is 0 Å². The Hall–Kier alpha value is -1.80. The number of guanidine groups is 1. The van der Waals surface area contributed by atoms with Gasteiger partial charge in [-0.2, -0.15) is 0 Å². The molecule has 0 saturated carbocycles. The van der Waals surface area contributed by atoms with Crippen molar-refractivity contribution in [1.29, 1.82) is 0 Å². The van der Waals surface area contributed by atoms with E-state index in [-0.39, 0.29) is 17.5 Å². The Bertz CT molecular complexity index is 717. The molecule has 1 aliphatic heterocycles. The van der Waals surface area contributed by atoms with Crippen molar-refractivity contribution in [3.05, 3.63) is 29.8 Å². The number of rotatable bonds is 9. The van der Waals surface area contributed by atoms with Gasteiger partial charge in [0, 0.05) is 31.7 Å². The van der Waals surface area contributed by atoms with Gasteiger partial charge in [0.25, 0.3) is 0 Å². The fourth-order valence-electron chi connectivity index (χ4n) is 3.09. The van der Waals surface area contributed by atoms with Gasteiger partial charge in [0.1, 0.15) is 12.4 Å². The lowest BCUT2D eigenvalue weighted by Gasteiger charge is -2.20. The Morgan fingerprint density at radius 1 is 1.30 bits per heavy atom. The summed E-state index contributed by atoms with van der Waals surface area (Å²) < 4.78 is 29.2. The molecule has 0 spiro atoms. The monoisotopic (exact) mass is 396 g/mol. The molecule has 1 heterocycles. The van der Waals surface area contributed by atoms with Crippen molar-refractivity contribution < 1.29 is 13.2 Å². The van der Waals surface area contributed by atoms with E-state index in [0.717, 1.165) is 30.9 Å². The molecule has 1 fully saturated rings. The number of aliphatic imine (C=N–C) groups is 1. The molecule has 1 aromatic carbocycles. The first-order valence-corrected chi connectivity index (χ1v) is 11.4. The van der Waals surface area contributed by atoms with Gasteiger partial charge < -0.3 is 20.3 Å². The van der Waals surface area contributed by atoms with Crippen molar-refractivity contribution in [3.8, 4) is 5.75 Å². The lowest BCUT2D eigenvalue weighted by Crippen LogP contribution is -2.43. The standard InChI is InChI=1S/C19H32N4O3S/c1-4-23(5-2)11-12-26-18-9-7-6-8-16(18)14-21-19(20-3)22-17-10-13-27(24,25)15-17/h6-9,17H,4-5,10-15H2,1-3H3,(H2,20,21,22). The molecule has 0 amide bonds. The second kappa shape index (κ2) is 10.5. The van der Waals surface area contributed by atoms with Crippen LogP contribution in [-0.2, 0) is 16.4 Å². The van der Waals surface area contributed by atoms with Gasteiger partial charge in [0.05, 0.1) is 11.5 Å². The fraction of sp³-hybridized carbons (Fsp3) is 0.632. The molecule has 2 N–H and O–H groups in total. The maximum atomic E-state index is 11.6. The molecular formula is C19H32N4O3S. The Morgan fingerprint density at radius 2 is 2.04 bits per heavy atom. The van der Waals surface area contributed by atoms with E-state index in [9.17, 15) is 8.42 Å². The van der Waals surface area contributed by atoms with E-state index in [1.165, 1.54) is 0 Å². The molecule has 0 aromatic heterocycles. The molecule has 1 aliphatic rings. The number of hydrogen-bond donors (Lipinski definition) is 2. The number of sulfone groups is 1. The first-order valence-electron chi connectivity index (χ1n) is 9.58. The quantitative estimate of drug-likeness (QED) is 0.483. The summed E-state index contributed by atoms with van der Waals surface area (Å²) in [5.74, 6) is 1.87.